The Hall–Kier alpha value is -2.38. The number of anilines is 1. The summed E-state index contributed by atoms with van der Waals surface area (Å²) in [6, 6.07) is 14.1. The molecule has 2 aromatic carbocycles. The van der Waals surface area contributed by atoms with Gasteiger partial charge in [-0.15, -0.1) is 0 Å². The van der Waals surface area contributed by atoms with Gasteiger partial charge in [0.25, 0.3) is 0 Å². The smallest absolute Gasteiger partial charge is 0.310 e. The SMILES string of the molecule is Cc1cccc(C)c1NC(=O)CN(C)CCS(=O)(=O)Oc1ccccc1. The van der Waals surface area contributed by atoms with E-state index in [1.54, 1.807) is 42.3 Å². The van der Waals surface area contributed by atoms with Gasteiger partial charge in [-0.3, -0.25) is 9.69 Å². The summed E-state index contributed by atoms with van der Waals surface area (Å²) in [5, 5.41) is 2.89. The minimum Gasteiger partial charge on any atom is -0.382 e. The third-order valence-corrected chi connectivity index (χ3v) is 4.98. The molecule has 0 fully saturated rings. The first kappa shape index (κ1) is 19.9. The molecule has 0 aliphatic heterocycles. The van der Waals surface area contributed by atoms with Crippen LogP contribution in [-0.4, -0.2) is 45.1 Å². The number of nitrogens with one attached hydrogen (secondary N) is 1. The Morgan fingerprint density at radius 1 is 1.04 bits per heavy atom. The van der Waals surface area contributed by atoms with Crippen LogP contribution in [0.3, 0.4) is 0 Å². The predicted molar refractivity (Wildman–Crippen MR) is 103 cm³/mol. The second-order valence-electron chi connectivity index (χ2n) is 6.21. The van der Waals surface area contributed by atoms with Crippen molar-refractivity contribution in [3.63, 3.8) is 0 Å². The molecule has 0 radical (unpaired) electrons. The lowest BCUT2D eigenvalue weighted by atomic mass is 10.1. The van der Waals surface area contributed by atoms with Crippen molar-refractivity contribution >= 4 is 21.7 Å². The fourth-order valence-electron chi connectivity index (χ4n) is 2.45. The van der Waals surface area contributed by atoms with Gasteiger partial charge >= 0.3 is 10.1 Å². The van der Waals surface area contributed by atoms with E-state index in [-0.39, 0.29) is 30.5 Å². The second kappa shape index (κ2) is 8.82. The number of hydrogen-bond donors (Lipinski definition) is 1. The number of carbonyl (C=O) groups excluding carboxylic acids is 1. The Bertz CT molecular complexity index is 831. The third kappa shape index (κ3) is 6.16. The van der Waals surface area contributed by atoms with E-state index < -0.39 is 10.1 Å². The van der Waals surface area contributed by atoms with Gasteiger partial charge < -0.3 is 9.50 Å². The standard InChI is InChI=1S/C19H24N2O4S/c1-15-8-7-9-16(2)19(15)20-18(22)14-21(3)12-13-26(23,24)25-17-10-5-4-6-11-17/h4-11H,12-14H2,1-3H3,(H,20,22). The minimum absolute atomic E-state index is 0.0919. The van der Waals surface area contributed by atoms with Crippen LogP contribution < -0.4 is 9.50 Å². The van der Waals surface area contributed by atoms with Crippen LogP contribution in [0.4, 0.5) is 5.69 Å². The van der Waals surface area contributed by atoms with Crippen LogP contribution in [-0.2, 0) is 14.9 Å². The van der Waals surface area contributed by atoms with E-state index in [0.29, 0.717) is 0 Å². The molecule has 7 heteroatoms. The summed E-state index contributed by atoms with van der Waals surface area (Å²) < 4.78 is 29.1. The van der Waals surface area contributed by atoms with Gasteiger partial charge in [-0.2, -0.15) is 8.42 Å². The number of amides is 1. The normalized spacial score (nSPS) is 11.4. The van der Waals surface area contributed by atoms with Crippen molar-refractivity contribution in [1.29, 1.82) is 0 Å². The van der Waals surface area contributed by atoms with E-state index in [2.05, 4.69) is 5.32 Å². The van der Waals surface area contributed by atoms with E-state index in [0.717, 1.165) is 16.8 Å². The number of aryl methyl sites for hydroxylation is 2. The number of para-hydroxylation sites is 2. The van der Waals surface area contributed by atoms with Gasteiger partial charge in [0.05, 0.1) is 12.3 Å². The van der Waals surface area contributed by atoms with Crippen molar-refractivity contribution in [1.82, 2.24) is 4.90 Å². The monoisotopic (exact) mass is 376 g/mol. The Morgan fingerprint density at radius 2 is 1.65 bits per heavy atom. The highest BCUT2D eigenvalue weighted by Crippen LogP contribution is 2.19. The number of benzene rings is 2. The van der Waals surface area contributed by atoms with E-state index in [9.17, 15) is 13.2 Å². The summed E-state index contributed by atoms with van der Waals surface area (Å²) in [6.07, 6.45) is 0. The van der Waals surface area contributed by atoms with Gasteiger partial charge in [0.15, 0.2) is 0 Å². The van der Waals surface area contributed by atoms with E-state index in [4.69, 9.17) is 4.18 Å². The molecule has 140 valence electrons. The molecule has 0 aliphatic rings. The first-order valence-electron chi connectivity index (χ1n) is 8.28. The molecule has 0 heterocycles. The Morgan fingerprint density at radius 3 is 2.27 bits per heavy atom. The van der Waals surface area contributed by atoms with Gasteiger partial charge in [0.1, 0.15) is 5.75 Å². The fourth-order valence-corrected chi connectivity index (χ4v) is 3.47. The molecule has 26 heavy (non-hydrogen) atoms. The fraction of sp³-hybridized carbons (Fsp3) is 0.316. The highest BCUT2D eigenvalue weighted by molar-refractivity contribution is 7.87. The molecule has 0 spiro atoms. The number of hydrogen-bond acceptors (Lipinski definition) is 5. The maximum atomic E-state index is 12.2. The highest BCUT2D eigenvalue weighted by Gasteiger charge is 2.16. The molecule has 2 rings (SSSR count). The first-order valence-corrected chi connectivity index (χ1v) is 9.86. The van der Waals surface area contributed by atoms with Crippen molar-refractivity contribution in [3.8, 4) is 5.75 Å². The molecule has 0 saturated heterocycles. The Balaban J connectivity index is 1.84. The van der Waals surface area contributed by atoms with E-state index in [1.807, 2.05) is 32.0 Å². The van der Waals surface area contributed by atoms with Gasteiger partial charge in [-0.1, -0.05) is 36.4 Å². The molecule has 0 bridgehead atoms. The highest BCUT2D eigenvalue weighted by atomic mass is 32.2. The zero-order valence-corrected chi connectivity index (χ0v) is 16.0. The topological polar surface area (TPSA) is 75.7 Å². The van der Waals surface area contributed by atoms with Crippen LogP contribution in [0.2, 0.25) is 0 Å². The van der Waals surface area contributed by atoms with Crippen LogP contribution in [0.25, 0.3) is 0 Å². The molecule has 0 aliphatic carbocycles. The van der Waals surface area contributed by atoms with Crippen molar-refractivity contribution in [2.75, 3.05) is 31.2 Å². The summed E-state index contributed by atoms with van der Waals surface area (Å²) in [7, 11) is -2.01. The average Bonchev–Trinajstić information content (AvgIpc) is 2.57. The van der Waals surface area contributed by atoms with Gasteiger partial charge in [-0.25, -0.2) is 0 Å². The number of rotatable bonds is 8. The Labute approximate surface area is 154 Å². The van der Waals surface area contributed by atoms with Gasteiger partial charge in [0, 0.05) is 12.2 Å². The quantitative estimate of drug-likeness (QED) is 0.717. The minimum atomic E-state index is -3.71. The molecule has 0 unspecified atom stereocenters. The largest absolute Gasteiger partial charge is 0.382 e. The lowest BCUT2D eigenvalue weighted by Gasteiger charge is -2.17. The van der Waals surface area contributed by atoms with Gasteiger partial charge in [0.2, 0.25) is 5.91 Å². The molecule has 2 aromatic rings. The van der Waals surface area contributed by atoms with Crippen LogP contribution >= 0.6 is 0 Å². The number of likely N-dealkylation sites (N-methyl/N-ethyl adjacent to an activating group) is 1. The molecule has 0 saturated carbocycles. The molecule has 0 aromatic heterocycles. The summed E-state index contributed by atoms with van der Waals surface area (Å²) in [6.45, 7) is 4.14. The predicted octanol–water partition coefficient (Wildman–Crippen LogP) is 2.58. The summed E-state index contributed by atoms with van der Waals surface area (Å²) in [5.74, 6) is -0.107. The summed E-state index contributed by atoms with van der Waals surface area (Å²) in [5.41, 5.74) is 2.77. The second-order valence-corrected chi connectivity index (χ2v) is 7.90. The number of nitrogens with zero attached hydrogens (tertiary/aromatic N) is 1. The average molecular weight is 376 g/mol. The molecule has 0 atom stereocenters. The lowest BCUT2D eigenvalue weighted by molar-refractivity contribution is -0.117. The molecular formula is C19H24N2O4S. The van der Waals surface area contributed by atoms with Crippen LogP contribution in [0.1, 0.15) is 11.1 Å². The lowest BCUT2D eigenvalue weighted by Crippen LogP contribution is -2.34. The summed E-state index contributed by atoms with van der Waals surface area (Å²) in [4.78, 5) is 13.9. The third-order valence-electron chi connectivity index (χ3n) is 3.85. The molecular weight excluding hydrogens is 352 g/mol. The Kier molecular flexibility index (Phi) is 6.76. The number of carbonyl (C=O) groups is 1. The van der Waals surface area contributed by atoms with Crippen LogP contribution in [0.15, 0.2) is 48.5 Å². The zero-order chi connectivity index (χ0) is 19.2. The summed E-state index contributed by atoms with van der Waals surface area (Å²) >= 11 is 0. The molecule has 1 N–H and O–H groups in total. The zero-order valence-electron chi connectivity index (χ0n) is 15.2. The van der Waals surface area contributed by atoms with Crippen LogP contribution in [0, 0.1) is 13.8 Å². The van der Waals surface area contributed by atoms with E-state index in [1.165, 1.54) is 0 Å². The van der Waals surface area contributed by atoms with Gasteiger partial charge in [-0.05, 0) is 44.2 Å². The van der Waals surface area contributed by atoms with E-state index >= 15 is 0 Å². The molecule has 1 amide bonds. The van der Waals surface area contributed by atoms with Crippen LogP contribution in [0.5, 0.6) is 5.75 Å². The van der Waals surface area contributed by atoms with Crippen molar-refractivity contribution < 1.29 is 17.4 Å². The maximum Gasteiger partial charge on any atom is 0.310 e. The van der Waals surface area contributed by atoms with Crippen molar-refractivity contribution in [2.24, 2.45) is 0 Å². The van der Waals surface area contributed by atoms with Crippen molar-refractivity contribution in [2.45, 2.75) is 13.8 Å². The molecule has 6 nitrogen and oxygen atoms in total. The first-order chi connectivity index (χ1) is 12.3. The maximum absolute atomic E-state index is 12.2. The van der Waals surface area contributed by atoms with Crippen molar-refractivity contribution in [3.05, 3.63) is 59.7 Å².